The average Bonchev–Trinajstić information content (AvgIpc) is 2.73. The minimum atomic E-state index is -4.08. The Labute approximate surface area is 176 Å². The van der Waals surface area contributed by atoms with E-state index in [9.17, 15) is 18.0 Å². The molecular formula is C22H25N3O4S. The molecule has 1 fully saturated rings. The van der Waals surface area contributed by atoms with Crippen molar-refractivity contribution in [3.63, 3.8) is 0 Å². The number of piperidine rings is 1. The summed E-state index contributed by atoms with van der Waals surface area (Å²) in [6.45, 7) is 5.17. The molecule has 0 saturated carbocycles. The van der Waals surface area contributed by atoms with Crippen LogP contribution in [0.5, 0.6) is 0 Å². The summed E-state index contributed by atoms with van der Waals surface area (Å²) in [5, 5.41) is 0. The summed E-state index contributed by atoms with van der Waals surface area (Å²) in [6.07, 6.45) is 1.86. The molecule has 2 aliphatic rings. The zero-order valence-corrected chi connectivity index (χ0v) is 17.9. The molecule has 3 amide bonds. The third-order valence-corrected chi connectivity index (χ3v) is 7.53. The van der Waals surface area contributed by atoms with Crippen molar-refractivity contribution in [2.75, 3.05) is 28.8 Å². The molecule has 2 aromatic rings. The molecule has 1 saturated heterocycles. The third kappa shape index (κ3) is 3.56. The number of anilines is 2. The molecule has 7 nitrogen and oxygen atoms in total. The number of amides is 3. The summed E-state index contributed by atoms with van der Waals surface area (Å²) in [6, 6.07) is 12.3. The SMILES string of the molecule is Cc1ccc(N2C(=O)N(CC(=O)N3CCC(C)CC3)c3ccccc3S2(=O)=O)cc1. The van der Waals surface area contributed by atoms with Crippen molar-refractivity contribution in [3.8, 4) is 0 Å². The lowest BCUT2D eigenvalue weighted by molar-refractivity contribution is -0.130. The van der Waals surface area contributed by atoms with Gasteiger partial charge in [-0.1, -0.05) is 36.8 Å². The van der Waals surface area contributed by atoms with Crippen molar-refractivity contribution in [2.24, 2.45) is 5.92 Å². The molecule has 30 heavy (non-hydrogen) atoms. The van der Waals surface area contributed by atoms with Crippen molar-refractivity contribution >= 4 is 33.3 Å². The number of sulfonamides is 1. The highest BCUT2D eigenvalue weighted by Gasteiger charge is 2.43. The highest BCUT2D eigenvalue weighted by atomic mass is 32.2. The van der Waals surface area contributed by atoms with Gasteiger partial charge in [-0.2, -0.15) is 4.31 Å². The Morgan fingerprint density at radius 1 is 1.03 bits per heavy atom. The van der Waals surface area contributed by atoms with E-state index in [0.717, 1.165) is 22.7 Å². The molecule has 158 valence electrons. The standard InChI is InChI=1S/C22H25N3O4S/c1-16-7-9-18(10-8-16)25-22(27)24(15-21(26)23-13-11-17(2)12-14-23)19-5-3-4-6-20(19)30(25,28)29/h3-10,17H,11-15H2,1-2H3. The first-order valence-electron chi connectivity index (χ1n) is 10.1. The molecule has 4 rings (SSSR count). The summed E-state index contributed by atoms with van der Waals surface area (Å²) < 4.78 is 27.3. The Balaban J connectivity index is 1.72. The molecule has 2 aliphatic heterocycles. The monoisotopic (exact) mass is 427 g/mol. The van der Waals surface area contributed by atoms with Crippen LogP contribution in [0.4, 0.5) is 16.2 Å². The van der Waals surface area contributed by atoms with Gasteiger partial charge in [-0.25, -0.2) is 13.2 Å². The van der Waals surface area contributed by atoms with Crippen LogP contribution in [-0.2, 0) is 14.8 Å². The van der Waals surface area contributed by atoms with Crippen LogP contribution in [0, 0.1) is 12.8 Å². The van der Waals surface area contributed by atoms with E-state index in [1.807, 2.05) is 6.92 Å². The fraction of sp³-hybridized carbons (Fsp3) is 0.364. The van der Waals surface area contributed by atoms with Gasteiger partial charge in [0.15, 0.2) is 0 Å². The first-order chi connectivity index (χ1) is 14.3. The summed E-state index contributed by atoms with van der Waals surface area (Å²) in [4.78, 5) is 29.4. The Hall–Kier alpha value is -2.87. The van der Waals surface area contributed by atoms with E-state index in [-0.39, 0.29) is 28.7 Å². The van der Waals surface area contributed by atoms with E-state index in [1.54, 1.807) is 47.4 Å². The largest absolute Gasteiger partial charge is 0.343 e. The molecule has 8 heteroatoms. The minimum absolute atomic E-state index is 0.0187. The maximum absolute atomic E-state index is 13.4. The van der Waals surface area contributed by atoms with Gasteiger partial charge in [0.2, 0.25) is 5.91 Å². The van der Waals surface area contributed by atoms with Crippen LogP contribution < -0.4 is 9.21 Å². The Morgan fingerprint density at radius 2 is 1.67 bits per heavy atom. The molecule has 2 aromatic carbocycles. The lowest BCUT2D eigenvalue weighted by Crippen LogP contribution is -2.54. The van der Waals surface area contributed by atoms with Gasteiger partial charge in [0.05, 0.1) is 11.4 Å². The summed E-state index contributed by atoms with van der Waals surface area (Å²) >= 11 is 0. The van der Waals surface area contributed by atoms with E-state index < -0.39 is 16.1 Å². The van der Waals surface area contributed by atoms with Crippen LogP contribution in [0.3, 0.4) is 0 Å². The molecule has 2 heterocycles. The second-order valence-corrected chi connectivity index (χ2v) is 9.76. The molecule has 0 radical (unpaired) electrons. The fourth-order valence-corrected chi connectivity index (χ4v) is 5.48. The van der Waals surface area contributed by atoms with Crippen LogP contribution in [0.15, 0.2) is 53.4 Å². The average molecular weight is 428 g/mol. The quantitative estimate of drug-likeness (QED) is 0.752. The number of para-hydroxylation sites is 1. The van der Waals surface area contributed by atoms with Crippen molar-refractivity contribution in [3.05, 3.63) is 54.1 Å². The highest BCUT2D eigenvalue weighted by Crippen LogP contribution is 2.37. The Morgan fingerprint density at radius 3 is 2.33 bits per heavy atom. The molecule has 0 spiro atoms. The first kappa shape index (κ1) is 20.4. The topological polar surface area (TPSA) is 78.0 Å². The summed E-state index contributed by atoms with van der Waals surface area (Å²) in [7, 11) is -4.08. The maximum Gasteiger partial charge on any atom is 0.343 e. The Kier molecular flexibility index (Phi) is 5.27. The zero-order chi connectivity index (χ0) is 21.5. The van der Waals surface area contributed by atoms with Crippen LogP contribution in [-0.4, -0.2) is 44.9 Å². The van der Waals surface area contributed by atoms with Crippen LogP contribution in [0.1, 0.15) is 25.3 Å². The molecular weight excluding hydrogens is 402 g/mol. The van der Waals surface area contributed by atoms with E-state index in [1.165, 1.54) is 11.0 Å². The number of carbonyl (C=O) groups is 2. The second kappa shape index (κ2) is 7.75. The second-order valence-electron chi connectivity index (χ2n) is 8.00. The minimum Gasteiger partial charge on any atom is -0.341 e. The molecule has 0 atom stereocenters. The predicted octanol–water partition coefficient (Wildman–Crippen LogP) is 3.39. The molecule has 0 bridgehead atoms. The lowest BCUT2D eigenvalue weighted by Gasteiger charge is -2.37. The third-order valence-electron chi connectivity index (χ3n) is 5.78. The first-order valence-corrected chi connectivity index (χ1v) is 11.5. The number of hydrogen-bond donors (Lipinski definition) is 0. The lowest BCUT2D eigenvalue weighted by atomic mass is 9.99. The molecule has 0 N–H and O–H groups in total. The van der Waals surface area contributed by atoms with Gasteiger partial charge in [-0.3, -0.25) is 9.69 Å². The number of nitrogens with zero attached hydrogens (tertiary/aromatic N) is 3. The maximum atomic E-state index is 13.4. The Bertz CT molecular complexity index is 1070. The van der Waals surface area contributed by atoms with Crippen molar-refractivity contribution < 1.29 is 18.0 Å². The van der Waals surface area contributed by atoms with Gasteiger partial charge >= 0.3 is 6.03 Å². The smallest absolute Gasteiger partial charge is 0.341 e. The van der Waals surface area contributed by atoms with Crippen LogP contribution in [0.25, 0.3) is 0 Å². The van der Waals surface area contributed by atoms with Gasteiger partial charge in [-0.15, -0.1) is 0 Å². The summed E-state index contributed by atoms with van der Waals surface area (Å²) in [5.41, 5.74) is 1.45. The van der Waals surface area contributed by atoms with E-state index in [4.69, 9.17) is 0 Å². The van der Waals surface area contributed by atoms with Crippen molar-refractivity contribution in [1.82, 2.24) is 4.90 Å². The van der Waals surface area contributed by atoms with Gasteiger partial charge < -0.3 is 4.90 Å². The molecule has 0 aliphatic carbocycles. The van der Waals surface area contributed by atoms with Crippen molar-refractivity contribution in [2.45, 2.75) is 31.6 Å². The van der Waals surface area contributed by atoms with Crippen molar-refractivity contribution in [1.29, 1.82) is 0 Å². The predicted molar refractivity (Wildman–Crippen MR) is 115 cm³/mol. The number of benzene rings is 2. The molecule has 0 unspecified atom stereocenters. The van der Waals surface area contributed by atoms with Crippen LogP contribution in [0.2, 0.25) is 0 Å². The number of rotatable bonds is 3. The van der Waals surface area contributed by atoms with Gasteiger partial charge in [0.1, 0.15) is 11.4 Å². The van der Waals surface area contributed by atoms with Gasteiger partial charge in [0, 0.05) is 13.1 Å². The zero-order valence-electron chi connectivity index (χ0n) is 17.1. The van der Waals surface area contributed by atoms with E-state index in [0.29, 0.717) is 19.0 Å². The van der Waals surface area contributed by atoms with E-state index in [2.05, 4.69) is 6.92 Å². The number of urea groups is 1. The number of fused-ring (bicyclic) bond motifs is 1. The number of carbonyl (C=O) groups excluding carboxylic acids is 2. The van der Waals surface area contributed by atoms with Gasteiger partial charge in [-0.05, 0) is 49.9 Å². The van der Waals surface area contributed by atoms with Gasteiger partial charge in [0.25, 0.3) is 10.0 Å². The number of hydrogen-bond acceptors (Lipinski definition) is 4. The normalized spacial score (nSPS) is 19.0. The highest BCUT2D eigenvalue weighted by molar-refractivity contribution is 7.94. The fourth-order valence-electron chi connectivity index (χ4n) is 3.89. The number of aryl methyl sites for hydroxylation is 1. The summed E-state index contributed by atoms with van der Waals surface area (Å²) in [5.74, 6) is 0.404. The molecule has 0 aromatic heterocycles. The number of likely N-dealkylation sites (tertiary alicyclic amines) is 1. The van der Waals surface area contributed by atoms with Crippen LogP contribution >= 0.6 is 0 Å². The van der Waals surface area contributed by atoms with E-state index >= 15 is 0 Å².